The van der Waals surface area contributed by atoms with Crippen LogP contribution in [0.1, 0.15) is 36.0 Å². The van der Waals surface area contributed by atoms with E-state index in [-0.39, 0.29) is 12.8 Å². The smallest absolute Gasteiger partial charge is 0.325 e. The van der Waals surface area contributed by atoms with Gasteiger partial charge in [0.15, 0.2) is 5.78 Å². The number of methoxy groups -OCH3 is 1. The number of ketones is 1. The molecule has 2 fully saturated rings. The van der Waals surface area contributed by atoms with E-state index >= 15 is 0 Å². The number of amides is 3. The van der Waals surface area contributed by atoms with Crippen LogP contribution in [0, 0.1) is 0 Å². The van der Waals surface area contributed by atoms with Crippen molar-refractivity contribution < 1.29 is 27.9 Å². The zero-order valence-corrected chi connectivity index (χ0v) is 16.7. The minimum absolute atomic E-state index is 0.147. The molecule has 1 spiro atoms. The topological polar surface area (TPSA) is 101 Å². The first kappa shape index (κ1) is 20.8. The fraction of sp³-hybridized carbons (Fsp3) is 0.381. The van der Waals surface area contributed by atoms with Crippen LogP contribution >= 0.6 is 0 Å². The fourth-order valence-electron chi connectivity index (χ4n) is 3.86. The van der Waals surface area contributed by atoms with Gasteiger partial charge in [-0.15, -0.1) is 0 Å². The molecule has 0 bridgehead atoms. The zero-order valence-electron chi connectivity index (χ0n) is 16.7. The number of alkyl halides is 2. The minimum Gasteiger partial charge on any atom is -0.495 e. The molecule has 1 aromatic carbocycles. The van der Waals surface area contributed by atoms with Crippen LogP contribution in [0.2, 0.25) is 0 Å². The van der Waals surface area contributed by atoms with E-state index < -0.39 is 48.6 Å². The molecular formula is C21H20F2N4O4. The van der Waals surface area contributed by atoms with E-state index in [4.69, 9.17) is 4.74 Å². The van der Waals surface area contributed by atoms with Crippen LogP contribution in [0.4, 0.5) is 13.6 Å². The molecule has 0 unspecified atom stereocenters. The van der Waals surface area contributed by atoms with E-state index in [1.807, 2.05) is 0 Å². The largest absolute Gasteiger partial charge is 0.495 e. The summed E-state index contributed by atoms with van der Waals surface area (Å²) in [7, 11) is 1.52. The molecule has 1 aliphatic heterocycles. The molecule has 1 aromatic heterocycles. The van der Waals surface area contributed by atoms with Gasteiger partial charge in [0, 0.05) is 30.0 Å². The van der Waals surface area contributed by atoms with Crippen molar-refractivity contribution in [1.82, 2.24) is 20.4 Å². The van der Waals surface area contributed by atoms with Gasteiger partial charge in [-0.2, -0.15) is 10.2 Å². The van der Waals surface area contributed by atoms with Crippen molar-refractivity contribution in [2.45, 2.75) is 37.1 Å². The SMILES string of the molecule is COc1cnnc(-c2ccc(C(=O)CN3C(=O)NC4(CCC(F)(F)CC4)C3=O)cc2)c1. The molecule has 8 nitrogen and oxygen atoms in total. The fourth-order valence-corrected chi connectivity index (χ4v) is 3.86. The third-order valence-corrected chi connectivity index (χ3v) is 5.75. The summed E-state index contributed by atoms with van der Waals surface area (Å²) in [5.41, 5.74) is 0.230. The van der Waals surface area contributed by atoms with Gasteiger partial charge in [0.25, 0.3) is 5.91 Å². The van der Waals surface area contributed by atoms with E-state index in [2.05, 4.69) is 15.5 Å². The molecule has 3 amide bonds. The number of hydrogen-bond donors (Lipinski definition) is 1. The molecule has 2 aromatic rings. The van der Waals surface area contributed by atoms with Crippen molar-refractivity contribution in [2.75, 3.05) is 13.7 Å². The van der Waals surface area contributed by atoms with E-state index in [0.717, 1.165) is 4.90 Å². The summed E-state index contributed by atoms with van der Waals surface area (Å²) in [6.45, 7) is -0.457. The number of aromatic nitrogens is 2. The summed E-state index contributed by atoms with van der Waals surface area (Å²) in [5, 5.41) is 10.4. The highest BCUT2D eigenvalue weighted by Gasteiger charge is 2.55. The number of carbonyl (C=O) groups excluding carboxylic acids is 3. The Labute approximate surface area is 176 Å². The van der Waals surface area contributed by atoms with Gasteiger partial charge in [0.05, 0.1) is 25.5 Å². The van der Waals surface area contributed by atoms with E-state index in [1.54, 1.807) is 30.3 Å². The molecule has 2 aliphatic rings. The van der Waals surface area contributed by atoms with Crippen molar-refractivity contribution in [3.8, 4) is 17.0 Å². The number of Topliss-reactive ketones (excluding diaryl/α,β-unsaturated/α-hetero) is 1. The van der Waals surface area contributed by atoms with Gasteiger partial charge >= 0.3 is 6.03 Å². The summed E-state index contributed by atoms with van der Waals surface area (Å²) in [6.07, 6.45) is 0.224. The van der Waals surface area contributed by atoms with Gasteiger partial charge in [0.2, 0.25) is 5.92 Å². The van der Waals surface area contributed by atoms with Gasteiger partial charge in [-0.1, -0.05) is 24.3 Å². The Balaban J connectivity index is 1.46. The number of nitrogens with zero attached hydrogens (tertiary/aromatic N) is 3. The zero-order chi connectivity index (χ0) is 22.2. The molecule has 0 atom stereocenters. The molecule has 1 saturated heterocycles. The van der Waals surface area contributed by atoms with Crippen molar-refractivity contribution in [1.29, 1.82) is 0 Å². The quantitative estimate of drug-likeness (QED) is 0.578. The van der Waals surface area contributed by atoms with Crippen LogP contribution in [0.25, 0.3) is 11.3 Å². The Morgan fingerprint density at radius 2 is 1.84 bits per heavy atom. The van der Waals surface area contributed by atoms with Gasteiger partial charge in [-0.05, 0) is 12.8 Å². The van der Waals surface area contributed by atoms with Crippen LogP contribution in [-0.4, -0.2) is 57.9 Å². The molecule has 10 heteroatoms. The van der Waals surface area contributed by atoms with Crippen LogP contribution in [0.5, 0.6) is 5.75 Å². The first-order valence-corrected chi connectivity index (χ1v) is 9.75. The standard InChI is InChI=1S/C21H20F2N4O4/c1-31-15-10-16(26-24-11-15)13-2-4-14(5-3-13)17(28)12-27-18(29)20(25-19(27)30)6-8-21(22,23)9-7-20/h2-5,10-11H,6-9,12H2,1H3,(H,25,30). The molecular weight excluding hydrogens is 410 g/mol. The lowest BCUT2D eigenvalue weighted by Crippen LogP contribution is -2.51. The normalized spacial score (nSPS) is 19.4. The van der Waals surface area contributed by atoms with Crippen LogP contribution in [-0.2, 0) is 4.79 Å². The predicted molar refractivity (Wildman–Crippen MR) is 105 cm³/mol. The maximum Gasteiger partial charge on any atom is 0.325 e. The summed E-state index contributed by atoms with van der Waals surface area (Å²) in [6, 6.07) is 7.44. The van der Waals surface area contributed by atoms with E-state index in [0.29, 0.717) is 22.6 Å². The van der Waals surface area contributed by atoms with Crippen molar-refractivity contribution >= 4 is 17.7 Å². The second kappa shape index (κ2) is 7.68. The average molecular weight is 430 g/mol. The number of benzene rings is 1. The van der Waals surface area contributed by atoms with Gasteiger partial charge in [-0.25, -0.2) is 13.6 Å². The third kappa shape index (κ3) is 3.97. The predicted octanol–water partition coefficient (Wildman–Crippen LogP) is 2.83. The highest BCUT2D eigenvalue weighted by atomic mass is 19.3. The van der Waals surface area contributed by atoms with Gasteiger partial charge < -0.3 is 10.1 Å². The van der Waals surface area contributed by atoms with Crippen LogP contribution < -0.4 is 10.1 Å². The molecule has 2 heterocycles. The molecule has 0 radical (unpaired) electrons. The highest BCUT2D eigenvalue weighted by Crippen LogP contribution is 2.41. The number of carbonyl (C=O) groups is 3. The highest BCUT2D eigenvalue weighted by molar-refractivity contribution is 6.11. The van der Waals surface area contributed by atoms with Crippen molar-refractivity contribution in [2.24, 2.45) is 0 Å². The Hall–Kier alpha value is -3.43. The summed E-state index contributed by atoms with van der Waals surface area (Å²) >= 11 is 0. The van der Waals surface area contributed by atoms with Crippen LogP contribution in [0.15, 0.2) is 36.5 Å². The molecule has 4 rings (SSSR count). The third-order valence-electron chi connectivity index (χ3n) is 5.75. The number of urea groups is 1. The first-order valence-electron chi connectivity index (χ1n) is 9.75. The Morgan fingerprint density at radius 3 is 2.48 bits per heavy atom. The Bertz CT molecular complexity index is 1030. The maximum absolute atomic E-state index is 13.5. The molecule has 1 saturated carbocycles. The Morgan fingerprint density at radius 1 is 1.16 bits per heavy atom. The number of nitrogens with one attached hydrogen (secondary N) is 1. The second-order valence-electron chi connectivity index (χ2n) is 7.74. The minimum atomic E-state index is -2.84. The molecule has 1 aliphatic carbocycles. The molecule has 1 N–H and O–H groups in total. The summed E-state index contributed by atoms with van der Waals surface area (Å²) in [4.78, 5) is 38.6. The second-order valence-corrected chi connectivity index (χ2v) is 7.74. The van der Waals surface area contributed by atoms with E-state index in [9.17, 15) is 23.2 Å². The number of imide groups is 1. The lowest BCUT2D eigenvalue weighted by atomic mass is 9.80. The first-order chi connectivity index (χ1) is 14.7. The lowest BCUT2D eigenvalue weighted by Gasteiger charge is -2.34. The van der Waals surface area contributed by atoms with Gasteiger partial charge in [0.1, 0.15) is 11.3 Å². The number of ether oxygens (including phenoxy) is 1. The van der Waals surface area contributed by atoms with E-state index in [1.165, 1.54) is 13.3 Å². The summed E-state index contributed by atoms with van der Waals surface area (Å²) < 4.78 is 32.1. The van der Waals surface area contributed by atoms with Crippen LogP contribution in [0.3, 0.4) is 0 Å². The Kier molecular flexibility index (Phi) is 5.16. The summed E-state index contributed by atoms with van der Waals surface area (Å²) in [5.74, 6) is -3.36. The number of rotatable bonds is 5. The van der Waals surface area contributed by atoms with Crippen molar-refractivity contribution in [3.63, 3.8) is 0 Å². The molecule has 162 valence electrons. The number of halogens is 2. The lowest BCUT2D eigenvalue weighted by molar-refractivity contribution is -0.135. The molecule has 31 heavy (non-hydrogen) atoms. The van der Waals surface area contributed by atoms with Gasteiger partial charge in [-0.3, -0.25) is 14.5 Å². The maximum atomic E-state index is 13.5. The number of hydrogen-bond acceptors (Lipinski definition) is 6. The van der Waals surface area contributed by atoms with Crippen molar-refractivity contribution in [3.05, 3.63) is 42.1 Å². The average Bonchev–Trinajstić information content (AvgIpc) is 3.00. The monoisotopic (exact) mass is 430 g/mol.